The molecule has 0 radical (unpaired) electrons. The zero-order valence-corrected chi connectivity index (χ0v) is 6.95. The van der Waals surface area contributed by atoms with Gasteiger partial charge in [0, 0.05) is 11.6 Å². The Labute approximate surface area is 78.5 Å². The Hall–Kier alpha value is -1.97. The van der Waals surface area contributed by atoms with Gasteiger partial charge < -0.3 is 5.11 Å². The van der Waals surface area contributed by atoms with Crippen molar-refractivity contribution >= 4 is 11.6 Å². The monoisotopic (exact) mass is 192 g/mol. The minimum absolute atomic E-state index is 0.00667. The maximum Gasteiger partial charge on any atom is 0.231 e. The van der Waals surface area contributed by atoms with Crippen molar-refractivity contribution < 1.29 is 19.1 Å². The molecule has 2 rings (SSSR count). The normalized spacial score (nSPS) is 15.1. The van der Waals surface area contributed by atoms with E-state index in [9.17, 15) is 14.0 Å². The van der Waals surface area contributed by atoms with Crippen LogP contribution < -0.4 is 0 Å². The highest BCUT2D eigenvalue weighted by molar-refractivity contribution is 6.23. The highest BCUT2D eigenvalue weighted by atomic mass is 19.1. The third kappa shape index (κ3) is 1.04. The average molecular weight is 192 g/mol. The molecule has 0 saturated carbocycles. The number of hydrogen-bond acceptors (Lipinski definition) is 3. The molecule has 0 heterocycles. The van der Waals surface area contributed by atoms with Gasteiger partial charge >= 0.3 is 0 Å². The van der Waals surface area contributed by atoms with Crippen molar-refractivity contribution in [3.8, 4) is 0 Å². The van der Waals surface area contributed by atoms with Crippen LogP contribution in [-0.4, -0.2) is 16.7 Å². The standard InChI is InChI=1S/C10H5FO3/c11-6-3-1-2-5-7(12)4-8(13)10(14)9(5)6/h1-4,13H. The number of fused-ring (bicyclic) bond motifs is 1. The molecule has 3 nitrogen and oxygen atoms in total. The molecular weight excluding hydrogens is 187 g/mol. The third-order valence-electron chi connectivity index (χ3n) is 2.01. The van der Waals surface area contributed by atoms with Gasteiger partial charge in [0.2, 0.25) is 5.78 Å². The van der Waals surface area contributed by atoms with E-state index in [4.69, 9.17) is 5.11 Å². The first-order valence-corrected chi connectivity index (χ1v) is 3.89. The lowest BCUT2D eigenvalue weighted by Crippen LogP contribution is -2.18. The lowest BCUT2D eigenvalue weighted by atomic mass is 9.93. The van der Waals surface area contributed by atoms with Gasteiger partial charge in [-0.1, -0.05) is 12.1 Å². The van der Waals surface area contributed by atoms with Crippen LogP contribution in [0.1, 0.15) is 20.7 Å². The Kier molecular flexibility index (Phi) is 1.70. The molecule has 14 heavy (non-hydrogen) atoms. The maximum absolute atomic E-state index is 13.2. The quantitative estimate of drug-likeness (QED) is 0.679. The summed E-state index contributed by atoms with van der Waals surface area (Å²) in [6.07, 6.45) is 0.796. The second-order valence-electron chi connectivity index (χ2n) is 2.89. The number of halogens is 1. The summed E-state index contributed by atoms with van der Waals surface area (Å²) in [7, 11) is 0. The fraction of sp³-hybridized carbons (Fsp3) is 0. The molecule has 0 fully saturated rings. The molecular formula is C10H5FO3. The van der Waals surface area contributed by atoms with Crippen LogP contribution in [0.5, 0.6) is 0 Å². The molecule has 0 bridgehead atoms. The van der Waals surface area contributed by atoms with E-state index in [2.05, 4.69) is 0 Å². The van der Waals surface area contributed by atoms with Gasteiger partial charge in [0.1, 0.15) is 5.82 Å². The Morgan fingerprint density at radius 2 is 1.93 bits per heavy atom. The number of hydrogen-bond donors (Lipinski definition) is 1. The van der Waals surface area contributed by atoms with Crippen molar-refractivity contribution in [2.75, 3.05) is 0 Å². The summed E-state index contributed by atoms with van der Waals surface area (Å²) in [6.45, 7) is 0. The van der Waals surface area contributed by atoms with Gasteiger partial charge in [0.15, 0.2) is 11.5 Å². The largest absolute Gasteiger partial charge is 0.504 e. The number of carbonyl (C=O) groups is 2. The second kappa shape index (κ2) is 2.77. The van der Waals surface area contributed by atoms with Gasteiger partial charge in [-0.25, -0.2) is 4.39 Å². The van der Waals surface area contributed by atoms with E-state index in [0.29, 0.717) is 0 Å². The number of allylic oxidation sites excluding steroid dienone is 2. The first-order chi connectivity index (χ1) is 6.61. The Balaban J connectivity index is 2.76. The molecule has 1 N–H and O–H groups in total. The molecule has 0 atom stereocenters. The summed E-state index contributed by atoms with van der Waals surface area (Å²) < 4.78 is 13.2. The van der Waals surface area contributed by atoms with Crippen molar-refractivity contribution in [3.05, 3.63) is 47.0 Å². The SMILES string of the molecule is O=C1C=C(O)C(=O)c2c(F)cccc21. The summed E-state index contributed by atoms with van der Waals surface area (Å²) >= 11 is 0. The minimum atomic E-state index is -0.849. The first-order valence-electron chi connectivity index (χ1n) is 3.89. The van der Waals surface area contributed by atoms with Crippen molar-refractivity contribution in [3.63, 3.8) is 0 Å². The van der Waals surface area contributed by atoms with Crippen molar-refractivity contribution in [2.24, 2.45) is 0 Å². The van der Waals surface area contributed by atoms with E-state index in [-0.39, 0.29) is 11.1 Å². The van der Waals surface area contributed by atoms with E-state index < -0.39 is 23.1 Å². The minimum Gasteiger partial charge on any atom is -0.504 e. The third-order valence-corrected chi connectivity index (χ3v) is 2.01. The number of carbonyl (C=O) groups excluding carboxylic acids is 2. The number of aliphatic hydroxyl groups excluding tert-OH is 1. The van der Waals surface area contributed by atoms with E-state index >= 15 is 0 Å². The summed E-state index contributed by atoms with van der Waals surface area (Å²) in [4.78, 5) is 22.5. The van der Waals surface area contributed by atoms with Crippen molar-refractivity contribution in [1.82, 2.24) is 0 Å². The molecule has 1 aromatic rings. The smallest absolute Gasteiger partial charge is 0.231 e. The van der Waals surface area contributed by atoms with Crippen molar-refractivity contribution in [2.45, 2.75) is 0 Å². The number of benzene rings is 1. The predicted molar refractivity (Wildman–Crippen MR) is 45.8 cm³/mol. The number of aliphatic hydroxyl groups is 1. The summed E-state index contributed by atoms with van der Waals surface area (Å²) in [6, 6.07) is 3.76. The number of rotatable bonds is 0. The van der Waals surface area contributed by atoms with E-state index in [1.54, 1.807) is 0 Å². The topological polar surface area (TPSA) is 54.4 Å². The van der Waals surface area contributed by atoms with E-state index in [1.807, 2.05) is 0 Å². The fourth-order valence-electron chi connectivity index (χ4n) is 1.36. The van der Waals surface area contributed by atoms with Gasteiger partial charge in [-0.3, -0.25) is 9.59 Å². The van der Waals surface area contributed by atoms with Crippen molar-refractivity contribution in [1.29, 1.82) is 0 Å². The van der Waals surface area contributed by atoms with Crippen LogP contribution in [0.4, 0.5) is 4.39 Å². The molecule has 70 valence electrons. The molecule has 0 saturated heterocycles. The van der Waals surface area contributed by atoms with Crippen LogP contribution in [0.2, 0.25) is 0 Å². The van der Waals surface area contributed by atoms with Gasteiger partial charge in [-0.2, -0.15) is 0 Å². The van der Waals surface area contributed by atoms with Gasteiger partial charge in [0.25, 0.3) is 0 Å². The fourth-order valence-corrected chi connectivity index (χ4v) is 1.36. The van der Waals surface area contributed by atoms with Crippen LogP contribution >= 0.6 is 0 Å². The molecule has 1 aliphatic carbocycles. The van der Waals surface area contributed by atoms with E-state index in [0.717, 1.165) is 12.1 Å². The van der Waals surface area contributed by atoms with Crippen LogP contribution in [0.15, 0.2) is 30.0 Å². The average Bonchev–Trinajstić information content (AvgIpc) is 2.14. The zero-order chi connectivity index (χ0) is 10.3. The molecule has 0 aliphatic heterocycles. The van der Waals surface area contributed by atoms with E-state index in [1.165, 1.54) is 12.1 Å². The summed E-state index contributed by atoms with van der Waals surface area (Å²) in [5.41, 5.74) is -0.356. The Bertz CT molecular complexity index is 474. The second-order valence-corrected chi connectivity index (χ2v) is 2.89. The van der Waals surface area contributed by atoms with Gasteiger partial charge in [0.05, 0.1) is 5.56 Å². The maximum atomic E-state index is 13.2. The molecule has 1 aliphatic rings. The number of ketones is 2. The molecule has 0 spiro atoms. The van der Waals surface area contributed by atoms with Crippen LogP contribution in [0.3, 0.4) is 0 Å². The zero-order valence-electron chi connectivity index (χ0n) is 6.95. The molecule has 0 amide bonds. The van der Waals surface area contributed by atoms with Crippen LogP contribution in [-0.2, 0) is 0 Å². The lowest BCUT2D eigenvalue weighted by Gasteiger charge is -2.11. The highest BCUT2D eigenvalue weighted by Crippen LogP contribution is 2.22. The first kappa shape index (κ1) is 8.62. The van der Waals surface area contributed by atoms with Gasteiger partial charge in [-0.15, -0.1) is 0 Å². The number of Topliss-reactive ketones (excluding diaryl/α,β-unsaturated/α-hetero) is 1. The summed E-state index contributed by atoms with van der Waals surface area (Å²) in [5, 5.41) is 9.04. The Morgan fingerprint density at radius 1 is 1.21 bits per heavy atom. The highest BCUT2D eigenvalue weighted by Gasteiger charge is 2.27. The Morgan fingerprint density at radius 3 is 2.64 bits per heavy atom. The molecule has 0 aromatic heterocycles. The van der Waals surface area contributed by atoms with Gasteiger partial charge in [-0.05, 0) is 6.07 Å². The molecule has 4 heteroatoms. The lowest BCUT2D eigenvalue weighted by molar-refractivity contribution is 0.0935. The van der Waals surface area contributed by atoms with Crippen LogP contribution in [0, 0.1) is 5.82 Å². The molecule has 1 aromatic carbocycles. The summed E-state index contributed by atoms with van der Waals surface area (Å²) in [5.74, 6) is -2.91. The molecule has 0 unspecified atom stereocenters. The predicted octanol–water partition coefficient (Wildman–Crippen LogP) is 1.65. The van der Waals surface area contributed by atoms with Crippen LogP contribution in [0.25, 0.3) is 0 Å².